The quantitative estimate of drug-likeness (QED) is 0.811. The van der Waals surface area contributed by atoms with Gasteiger partial charge < -0.3 is 9.80 Å². The fourth-order valence-corrected chi connectivity index (χ4v) is 3.78. The van der Waals surface area contributed by atoms with Crippen molar-refractivity contribution in [1.29, 1.82) is 0 Å². The second-order valence-corrected chi connectivity index (χ2v) is 6.58. The molecule has 1 aromatic carbocycles. The van der Waals surface area contributed by atoms with Crippen LogP contribution in [0.3, 0.4) is 0 Å². The molecule has 4 nitrogen and oxygen atoms in total. The van der Waals surface area contributed by atoms with Crippen LogP contribution in [0.5, 0.6) is 0 Å². The predicted octanol–water partition coefficient (Wildman–Crippen LogP) is 3.01. The molecule has 3 heterocycles. The van der Waals surface area contributed by atoms with Crippen molar-refractivity contribution >= 4 is 34.1 Å². The molecule has 2 fully saturated rings. The zero-order valence-corrected chi connectivity index (χ0v) is 13.3. The van der Waals surface area contributed by atoms with Crippen molar-refractivity contribution in [2.75, 3.05) is 24.5 Å². The van der Waals surface area contributed by atoms with Gasteiger partial charge in [0.05, 0.1) is 5.52 Å². The average Bonchev–Trinajstić information content (AvgIpc) is 2.89. The van der Waals surface area contributed by atoms with Gasteiger partial charge in [0.2, 0.25) is 5.91 Å². The molecule has 0 radical (unpaired) electrons. The van der Waals surface area contributed by atoms with Crippen molar-refractivity contribution < 1.29 is 4.79 Å². The molecule has 0 N–H and O–H groups in total. The first kappa shape index (κ1) is 13.8. The number of carbonyl (C=O) groups is 1. The molecular weight excluding hydrogens is 298 g/mol. The molecule has 2 aliphatic rings. The van der Waals surface area contributed by atoms with E-state index in [1.807, 2.05) is 24.1 Å². The summed E-state index contributed by atoms with van der Waals surface area (Å²) in [5.74, 6) is 0.312. The van der Waals surface area contributed by atoms with Gasteiger partial charge in [-0.05, 0) is 37.1 Å². The summed E-state index contributed by atoms with van der Waals surface area (Å²) in [5.41, 5.74) is 3.19. The molecule has 0 saturated carbocycles. The number of nitrogens with zero attached hydrogens (tertiary/aromatic N) is 3. The van der Waals surface area contributed by atoms with Crippen LogP contribution in [0.2, 0.25) is 5.02 Å². The van der Waals surface area contributed by atoms with E-state index in [0.29, 0.717) is 18.4 Å². The molecule has 5 heteroatoms. The van der Waals surface area contributed by atoms with Gasteiger partial charge in [0.25, 0.3) is 0 Å². The van der Waals surface area contributed by atoms with Crippen LogP contribution in [0, 0.1) is 6.92 Å². The molecule has 4 rings (SSSR count). The fourth-order valence-electron chi connectivity index (χ4n) is 3.62. The highest BCUT2D eigenvalue weighted by atomic mass is 35.5. The number of amides is 1. The van der Waals surface area contributed by atoms with Crippen LogP contribution in [0.25, 0.3) is 10.9 Å². The van der Waals surface area contributed by atoms with Gasteiger partial charge in [0, 0.05) is 54.4 Å². The fraction of sp³-hybridized carbons (Fsp3) is 0.412. The summed E-state index contributed by atoms with van der Waals surface area (Å²) in [7, 11) is 0. The molecule has 114 valence electrons. The lowest BCUT2D eigenvalue weighted by Gasteiger charge is -2.39. The van der Waals surface area contributed by atoms with Crippen LogP contribution >= 0.6 is 11.6 Å². The Balaban J connectivity index is 1.72. The van der Waals surface area contributed by atoms with Gasteiger partial charge in [-0.1, -0.05) is 11.6 Å². The van der Waals surface area contributed by atoms with Crippen molar-refractivity contribution in [3.05, 3.63) is 35.0 Å². The number of carbonyl (C=O) groups excluding carboxylic acids is 1. The number of aromatic nitrogens is 1. The largest absolute Gasteiger partial charge is 0.367 e. The first-order chi connectivity index (χ1) is 10.6. The Kier molecular flexibility index (Phi) is 3.22. The van der Waals surface area contributed by atoms with Gasteiger partial charge in [-0.25, -0.2) is 0 Å². The van der Waals surface area contributed by atoms with Crippen LogP contribution in [0.1, 0.15) is 18.4 Å². The summed E-state index contributed by atoms with van der Waals surface area (Å²) < 4.78 is 0. The minimum absolute atomic E-state index is 0.312. The lowest BCUT2D eigenvalue weighted by molar-refractivity contribution is -0.129. The molecule has 2 aliphatic heterocycles. The van der Waals surface area contributed by atoms with Crippen molar-refractivity contribution in [1.82, 2.24) is 9.88 Å². The smallest absolute Gasteiger partial charge is 0.223 e. The lowest BCUT2D eigenvalue weighted by atomic mass is 10.1. The number of hydrogen-bond acceptors (Lipinski definition) is 3. The molecule has 2 saturated heterocycles. The Morgan fingerprint density at radius 1 is 1.32 bits per heavy atom. The Labute approximate surface area is 134 Å². The molecule has 1 atom stereocenters. The first-order valence-electron chi connectivity index (χ1n) is 7.73. The molecule has 22 heavy (non-hydrogen) atoms. The zero-order chi connectivity index (χ0) is 15.3. The minimum atomic E-state index is 0.312. The Morgan fingerprint density at radius 3 is 3.05 bits per heavy atom. The van der Waals surface area contributed by atoms with Gasteiger partial charge in [-0.15, -0.1) is 0 Å². The van der Waals surface area contributed by atoms with Gasteiger partial charge in [0.15, 0.2) is 0 Å². The predicted molar refractivity (Wildman–Crippen MR) is 88.4 cm³/mol. The average molecular weight is 316 g/mol. The number of rotatable bonds is 1. The standard InChI is InChI=1S/C17H18ClN3O/c1-11-8-13-15(9-14(11)18)19-5-4-16(13)20-6-7-21-12(10-20)2-3-17(21)22/h4-5,8-9,12H,2-3,6-7,10H2,1H3. The Hall–Kier alpha value is -1.81. The van der Waals surface area contributed by atoms with Gasteiger partial charge in [-0.2, -0.15) is 0 Å². The molecule has 0 spiro atoms. The summed E-state index contributed by atoms with van der Waals surface area (Å²) >= 11 is 6.22. The van der Waals surface area contributed by atoms with E-state index in [2.05, 4.69) is 22.0 Å². The van der Waals surface area contributed by atoms with E-state index in [1.54, 1.807) is 0 Å². The molecule has 1 amide bonds. The monoisotopic (exact) mass is 315 g/mol. The summed E-state index contributed by atoms with van der Waals surface area (Å²) in [5, 5.41) is 1.89. The van der Waals surface area contributed by atoms with Crippen LogP contribution in [0.15, 0.2) is 24.4 Å². The normalized spacial score (nSPS) is 21.5. The summed E-state index contributed by atoms with van der Waals surface area (Å²) in [6.45, 7) is 4.63. The number of anilines is 1. The number of pyridine rings is 1. The molecule has 2 aromatic rings. The SMILES string of the molecule is Cc1cc2c(N3CCN4C(=O)CCC4C3)ccnc2cc1Cl. The lowest BCUT2D eigenvalue weighted by Crippen LogP contribution is -2.51. The Morgan fingerprint density at radius 2 is 2.18 bits per heavy atom. The van der Waals surface area contributed by atoms with Crippen LogP contribution in [-0.4, -0.2) is 41.5 Å². The van der Waals surface area contributed by atoms with Crippen molar-refractivity contribution in [3.8, 4) is 0 Å². The van der Waals surface area contributed by atoms with Crippen molar-refractivity contribution in [3.63, 3.8) is 0 Å². The highest BCUT2D eigenvalue weighted by Crippen LogP contribution is 2.32. The van der Waals surface area contributed by atoms with E-state index in [4.69, 9.17) is 11.6 Å². The maximum absolute atomic E-state index is 11.8. The summed E-state index contributed by atoms with van der Waals surface area (Å²) in [4.78, 5) is 20.7. The highest BCUT2D eigenvalue weighted by Gasteiger charge is 2.35. The maximum Gasteiger partial charge on any atom is 0.223 e. The minimum Gasteiger partial charge on any atom is -0.367 e. The van der Waals surface area contributed by atoms with Crippen LogP contribution in [-0.2, 0) is 4.79 Å². The first-order valence-corrected chi connectivity index (χ1v) is 8.10. The highest BCUT2D eigenvalue weighted by molar-refractivity contribution is 6.32. The van der Waals surface area contributed by atoms with E-state index in [0.717, 1.165) is 47.5 Å². The number of benzene rings is 1. The van der Waals surface area contributed by atoms with Crippen LogP contribution in [0.4, 0.5) is 5.69 Å². The van der Waals surface area contributed by atoms with Gasteiger partial charge in [-0.3, -0.25) is 9.78 Å². The van der Waals surface area contributed by atoms with E-state index in [-0.39, 0.29) is 0 Å². The number of aryl methyl sites for hydroxylation is 1. The number of piperazine rings is 1. The molecule has 0 bridgehead atoms. The summed E-state index contributed by atoms with van der Waals surface area (Å²) in [6.07, 6.45) is 3.52. The molecule has 0 aliphatic carbocycles. The van der Waals surface area contributed by atoms with Crippen molar-refractivity contribution in [2.45, 2.75) is 25.8 Å². The number of halogens is 1. The Bertz CT molecular complexity index is 761. The summed E-state index contributed by atoms with van der Waals surface area (Å²) in [6, 6.07) is 6.48. The van der Waals surface area contributed by atoms with E-state index in [9.17, 15) is 4.79 Å². The topological polar surface area (TPSA) is 36.4 Å². The van der Waals surface area contributed by atoms with Gasteiger partial charge >= 0.3 is 0 Å². The third-order valence-corrected chi connectivity index (χ3v) is 5.24. The second kappa shape index (κ2) is 5.13. The molecular formula is C17H18ClN3O. The molecule has 1 unspecified atom stereocenters. The third kappa shape index (κ3) is 2.13. The third-order valence-electron chi connectivity index (χ3n) is 4.83. The maximum atomic E-state index is 11.8. The molecule has 1 aromatic heterocycles. The number of hydrogen-bond donors (Lipinski definition) is 0. The van der Waals surface area contributed by atoms with Gasteiger partial charge in [0.1, 0.15) is 0 Å². The van der Waals surface area contributed by atoms with E-state index >= 15 is 0 Å². The second-order valence-electron chi connectivity index (χ2n) is 6.17. The van der Waals surface area contributed by atoms with E-state index in [1.165, 1.54) is 5.69 Å². The number of fused-ring (bicyclic) bond motifs is 2. The van der Waals surface area contributed by atoms with Crippen molar-refractivity contribution in [2.24, 2.45) is 0 Å². The zero-order valence-electron chi connectivity index (χ0n) is 12.6. The van der Waals surface area contributed by atoms with E-state index < -0.39 is 0 Å². The van der Waals surface area contributed by atoms with Crippen LogP contribution < -0.4 is 4.90 Å².